The predicted octanol–water partition coefficient (Wildman–Crippen LogP) is 2.80. The normalized spacial score (nSPS) is 13.9. The lowest BCUT2D eigenvalue weighted by molar-refractivity contribution is -0.133. The molecule has 0 atom stereocenters. The minimum Gasteiger partial charge on any atom is -0.424 e. The molecule has 0 spiro atoms. The number of carbonyl (C=O) groups excluding carboxylic acids is 2. The molecule has 2 aliphatic heterocycles. The van der Waals surface area contributed by atoms with E-state index in [1.807, 2.05) is 26.6 Å². The number of fused-ring (bicyclic) bond motifs is 3. The van der Waals surface area contributed by atoms with Gasteiger partial charge in [-0.15, -0.1) is 0 Å². The molecule has 7 aromatic rings. The fourth-order valence-corrected chi connectivity index (χ4v) is 8.55. The van der Waals surface area contributed by atoms with Gasteiger partial charge < -0.3 is 61.0 Å². The molecule has 0 unspecified atom stereocenters. The number of hydrogen-bond acceptors (Lipinski definition) is 21. The van der Waals surface area contributed by atoms with E-state index in [9.17, 15) is 9.59 Å². The number of Topliss-reactive ketones (excluding diaryl/α,β-unsaturated/α-hetero) is 1. The van der Waals surface area contributed by atoms with Crippen LogP contribution in [0.5, 0.6) is 0 Å². The van der Waals surface area contributed by atoms with Crippen molar-refractivity contribution in [1.82, 2.24) is 49.6 Å². The van der Waals surface area contributed by atoms with E-state index in [4.69, 9.17) is 51.4 Å². The molecule has 71 heavy (non-hydrogen) atoms. The van der Waals surface area contributed by atoms with Crippen molar-refractivity contribution in [2.75, 3.05) is 113 Å². The number of nitrogen functional groups attached to an aromatic ring is 3. The van der Waals surface area contributed by atoms with Crippen LogP contribution in [-0.4, -0.2) is 147 Å². The van der Waals surface area contributed by atoms with E-state index < -0.39 is 0 Å². The Kier molecular flexibility index (Phi) is 15.7. The average Bonchev–Trinajstić information content (AvgIpc) is 3.96. The Hall–Kier alpha value is -7.44. The SMILES string of the molecule is NCc1cnc(N2CCN(c3ncc(C(=O)CCCOCCOCCOCCOCCC(=O)N4CCc5cc(Cn6nc(-c7ccc8oc(N)nc8c7)c7c(N)ncnc76)ccc5C4)c(N)n3)CC2)nc1. The Morgan fingerprint density at radius 2 is 1.38 bits per heavy atom. The molecule has 5 aromatic heterocycles. The minimum atomic E-state index is -0.128. The lowest BCUT2D eigenvalue weighted by Crippen LogP contribution is -2.47. The number of aromatic nitrogens is 9. The summed E-state index contributed by atoms with van der Waals surface area (Å²) in [6.45, 7) is 7.86. The third-order valence-corrected chi connectivity index (χ3v) is 12.4. The van der Waals surface area contributed by atoms with Gasteiger partial charge in [0, 0.05) is 88.6 Å². The van der Waals surface area contributed by atoms with Crippen LogP contribution in [0.3, 0.4) is 0 Å². The van der Waals surface area contributed by atoms with Crippen LogP contribution in [0.4, 0.5) is 29.5 Å². The third kappa shape index (κ3) is 12.0. The zero-order chi connectivity index (χ0) is 49.1. The van der Waals surface area contributed by atoms with E-state index in [2.05, 4.69) is 58.0 Å². The van der Waals surface area contributed by atoms with Crippen molar-refractivity contribution in [1.29, 1.82) is 0 Å². The second-order valence-corrected chi connectivity index (χ2v) is 17.1. The number of amides is 1. The highest BCUT2D eigenvalue weighted by Crippen LogP contribution is 2.33. The van der Waals surface area contributed by atoms with E-state index in [0.717, 1.165) is 28.7 Å². The largest absolute Gasteiger partial charge is 0.424 e. The molecule has 1 saturated heterocycles. The van der Waals surface area contributed by atoms with E-state index in [-0.39, 0.29) is 29.9 Å². The molecule has 7 heterocycles. The smallest absolute Gasteiger partial charge is 0.292 e. The van der Waals surface area contributed by atoms with Gasteiger partial charge in [0.2, 0.25) is 17.8 Å². The van der Waals surface area contributed by atoms with Crippen LogP contribution in [0.15, 0.2) is 65.7 Å². The maximum Gasteiger partial charge on any atom is 0.292 e. The molecule has 2 aliphatic rings. The summed E-state index contributed by atoms with van der Waals surface area (Å²) in [5.41, 5.74) is 31.8. The molecular weight excluding hydrogens is 913 g/mol. The summed E-state index contributed by atoms with van der Waals surface area (Å²) in [5.74, 6) is 1.58. The van der Waals surface area contributed by atoms with Crippen molar-refractivity contribution >= 4 is 63.4 Å². The molecule has 372 valence electrons. The fourth-order valence-electron chi connectivity index (χ4n) is 8.55. The molecule has 0 bridgehead atoms. The minimum absolute atomic E-state index is 0.0520. The maximum atomic E-state index is 13.1. The highest BCUT2D eigenvalue weighted by atomic mass is 16.6. The first-order valence-electron chi connectivity index (χ1n) is 23.7. The van der Waals surface area contributed by atoms with Gasteiger partial charge in [0.15, 0.2) is 17.0 Å². The molecule has 9 rings (SSSR count). The van der Waals surface area contributed by atoms with Crippen molar-refractivity contribution in [3.63, 3.8) is 0 Å². The van der Waals surface area contributed by atoms with E-state index >= 15 is 0 Å². The molecule has 8 N–H and O–H groups in total. The molecule has 1 amide bonds. The quantitative estimate of drug-likeness (QED) is 0.0529. The Labute approximate surface area is 408 Å². The number of anilines is 5. The number of ether oxygens (including phenoxy) is 4. The van der Waals surface area contributed by atoms with Crippen molar-refractivity contribution < 1.29 is 33.0 Å². The molecule has 23 nitrogen and oxygen atoms in total. The highest BCUT2D eigenvalue weighted by Gasteiger charge is 2.24. The van der Waals surface area contributed by atoms with Crippen molar-refractivity contribution in [3.05, 3.63) is 89.1 Å². The van der Waals surface area contributed by atoms with Crippen molar-refractivity contribution in [2.45, 2.75) is 45.3 Å². The van der Waals surface area contributed by atoms with E-state index in [1.54, 1.807) is 18.5 Å². The number of nitrogens with zero attached hydrogens (tertiary/aromatic N) is 12. The van der Waals surface area contributed by atoms with Gasteiger partial charge in [0.05, 0.1) is 70.2 Å². The highest BCUT2D eigenvalue weighted by molar-refractivity contribution is 6.00. The van der Waals surface area contributed by atoms with Gasteiger partial charge in [0.25, 0.3) is 6.01 Å². The average molecular weight is 971 g/mol. The number of nitrogens with two attached hydrogens (primary N) is 4. The number of benzene rings is 2. The van der Waals surface area contributed by atoms with Crippen LogP contribution in [0, 0.1) is 0 Å². The Bertz CT molecular complexity index is 2940. The topological polar surface area (TPSA) is 306 Å². The number of hydrogen-bond donors (Lipinski definition) is 4. The Morgan fingerprint density at radius 1 is 0.676 bits per heavy atom. The summed E-state index contributed by atoms with van der Waals surface area (Å²) in [7, 11) is 0. The molecule has 1 fully saturated rings. The van der Waals surface area contributed by atoms with Gasteiger partial charge in [-0.25, -0.2) is 29.6 Å². The summed E-state index contributed by atoms with van der Waals surface area (Å²) in [6, 6.07) is 12.0. The number of ketones is 1. The molecule has 0 radical (unpaired) electrons. The fraction of sp³-hybridized carbons (Fsp3) is 0.417. The number of oxazole rings is 1. The maximum absolute atomic E-state index is 13.1. The predicted molar refractivity (Wildman–Crippen MR) is 264 cm³/mol. The van der Waals surface area contributed by atoms with Crippen LogP contribution in [0.2, 0.25) is 0 Å². The molecule has 0 saturated carbocycles. The number of piperazine rings is 1. The second-order valence-electron chi connectivity index (χ2n) is 17.1. The monoisotopic (exact) mass is 970 g/mol. The van der Waals surface area contributed by atoms with Gasteiger partial charge in [-0.05, 0) is 47.7 Å². The van der Waals surface area contributed by atoms with Gasteiger partial charge >= 0.3 is 0 Å². The van der Waals surface area contributed by atoms with Crippen molar-refractivity contribution in [3.8, 4) is 11.3 Å². The van der Waals surface area contributed by atoms with Gasteiger partial charge in [-0.1, -0.05) is 18.2 Å². The molecule has 0 aliphatic carbocycles. The van der Waals surface area contributed by atoms with Gasteiger partial charge in [-0.2, -0.15) is 15.1 Å². The molecule has 23 heteroatoms. The first-order chi connectivity index (χ1) is 34.7. The summed E-state index contributed by atoms with van der Waals surface area (Å²) in [5, 5.41) is 5.58. The van der Waals surface area contributed by atoms with Crippen LogP contribution in [0.1, 0.15) is 51.9 Å². The summed E-state index contributed by atoms with van der Waals surface area (Å²) in [6.07, 6.45) is 8.26. The van der Waals surface area contributed by atoms with Crippen LogP contribution < -0.4 is 32.7 Å². The summed E-state index contributed by atoms with van der Waals surface area (Å²) >= 11 is 0. The first kappa shape index (κ1) is 48.6. The van der Waals surface area contributed by atoms with Crippen molar-refractivity contribution in [2.24, 2.45) is 5.73 Å². The first-order valence-corrected chi connectivity index (χ1v) is 23.7. The summed E-state index contributed by atoms with van der Waals surface area (Å²) in [4.78, 5) is 62.7. The number of rotatable bonds is 23. The molecular formula is C48H58N16O7. The lowest BCUT2D eigenvalue weighted by atomic mass is 9.97. The van der Waals surface area contributed by atoms with Gasteiger partial charge in [0.1, 0.15) is 29.2 Å². The van der Waals surface area contributed by atoms with Crippen LogP contribution >= 0.6 is 0 Å². The zero-order valence-corrected chi connectivity index (χ0v) is 39.4. The van der Waals surface area contributed by atoms with Crippen LogP contribution in [0.25, 0.3) is 33.4 Å². The van der Waals surface area contributed by atoms with Gasteiger partial charge in [-0.3, -0.25) is 9.59 Å². The third-order valence-electron chi connectivity index (χ3n) is 12.4. The van der Waals surface area contributed by atoms with E-state index in [0.29, 0.717) is 169 Å². The standard InChI is InChI=1S/C48H58N16O7/c49-24-32-25-53-47(54-26-32)61-10-12-62(13-11-61)48-55-27-36(43(50)59-48)38(65)2-1-14-67-16-18-69-20-21-70-19-17-68-15-8-40(66)63-9-7-33-22-31(3-4-35(33)29-63)28-64-45-41(44(51)56-30-57-45)42(60-64)34-5-6-39-37(23-34)58-46(52)71-39/h3-6,22-23,25-27,30H,1-2,7-21,24,28-29,49H2,(H2,52,58)(H2,50,55,59)(H2,51,56,57). The van der Waals surface area contributed by atoms with Crippen LogP contribution in [-0.2, 0) is 49.8 Å². The zero-order valence-electron chi connectivity index (χ0n) is 39.4. The second kappa shape index (κ2) is 23.0. The molecule has 2 aromatic carbocycles. The lowest BCUT2D eigenvalue weighted by Gasteiger charge is -2.34. The Morgan fingerprint density at radius 3 is 2.11 bits per heavy atom. The van der Waals surface area contributed by atoms with E-state index in [1.165, 1.54) is 18.1 Å². The Balaban J connectivity index is 0.600. The summed E-state index contributed by atoms with van der Waals surface area (Å²) < 4.78 is 29.8. The number of carbonyl (C=O) groups is 2.